The van der Waals surface area contributed by atoms with E-state index >= 15 is 0 Å². The predicted octanol–water partition coefficient (Wildman–Crippen LogP) is 1.32. The van der Waals surface area contributed by atoms with Gasteiger partial charge >= 0.3 is 0 Å². The lowest BCUT2D eigenvalue weighted by atomic mass is 9.53. The molecule has 11 nitrogen and oxygen atoms in total. The minimum atomic E-state index is -1.66. The Hall–Kier alpha value is -1.67. The van der Waals surface area contributed by atoms with Gasteiger partial charge in [-0.25, -0.2) is 0 Å². The Morgan fingerprint density at radius 1 is 1.09 bits per heavy atom. The number of carbonyl (C=O) groups is 1. The predicted molar refractivity (Wildman–Crippen MR) is 158 cm³/mol. The highest BCUT2D eigenvalue weighted by Gasteiger charge is 2.59. The minimum absolute atomic E-state index is 0.0449. The number of ether oxygens (including phenoxy) is 2. The normalized spacial score (nSPS) is 42.9. The number of hydrogen-bond donors (Lipinski definition) is 8. The van der Waals surface area contributed by atoms with Crippen LogP contribution in [0.4, 0.5) is 0 Å². The molecular weight excluding hydrogens is 572 g/mol. The number of rotatable bonds is 8. The number of aliphatic hydroxyl groups excluding tert-OH is 7. The second kappa shape index (κ2) is 11.8. The Kier molecular flexibility index (Phi) is 9.07. The molecule has 5 aliphatic rings. The van der Waals surface area contributed by atoms with Crippen molar-refractivity contribution in [2.45, 2.75) is 134 Å². The molecule has 1 saturated carbocycles. The Bertz CT molecular complexity index is 1230. The Balaban J connectivity index is 1.40. The van der Waals surface area contributed by atoms with Crippen LogP contribution in [0.1, 0.15) is 79.6 Å². The Morgan fingerprint density at radius 2 is 1.77 bits per heavy atom. The van der Waals surface area contributed by atoms with E-state index in [0.717, 1.165) is 17.6 Å². The fourth-order valence-corrected chi connectivity index (χ4v) is 8.64. The molecule has 5 rings (SSSR count). The Labute approximate surface area is 258 Å². The fraction of sp³-hybridized carbons (Fsp3) is 0.788. The van der Waals surface area contributed by atoms with Gasteiger partial charge in [0.15, 0.2) is 12.0 Å². The zero-order valence-electron chi connectivity index (χ0n) is 26.3. The van der Waals surface area contributed by atoms with Crippen molar-refractivity contribution in [3.05, 3.63) is 34.1 Å². The van der Waals surface area contributed by atoms with Crippen LogP contribution in [0.3, 0.4) is 0 Å². The van der Waals surface area contributed by atoms with Crippen LogP contribution < -0.4 is 0 Å². The lowest BCUT2D eigenvalue weighted by molar-refractivity contribution is -0.318. The standard InChI is InChI=1S/C33H50O11/c1-15(2)6-9-23(36)33(5,42)22-8-7-16-24-17(10-11-31(16,22)3)32(4)13-19(35)20(12-18(32)25(37)27(24)39)43-30-29(41)28(40)26(38)21(14-34)44-30/h7,15,19-23,26,28-30,34-38,40-42H,6,8-14H2,1-5H3. The van der Waals surface area contributed by atoms with Crippen molar-refractivity contribution in [1.29, 1.82) is 0 Å². The maximum atomic E-state index is 13.9. The molecule has 0 radical (unpaired) electrons. The molecular formula is C33H50O11. The molecule has 1 heterocycles. The molecule has 0 aromatic heterocycles. The molecule has 0 aromatic rings. The quantitative estimate of drug-likeness (QED) is 0.194. The van der Waals surface area contributed by atoms with Crippen LogP contribution in [0.15, 0.2) is 34.1 Å². The number of allylic oxidation sites excluding steroid dienone is 4. The molecule has 0 bridgehead atoms. The topological polar surface area (TPSA) is 197 Å². The van der Waals surface area contributed by atoms with E-state index in [4.69, 9.17) is 9.47 Å². The zero-order chi connectivity index (χ0) is 32.5. The first kappa shape index (κ1) is 33.7. The lowest BCUT2D eigenvalue weighted by Crippen LogP contribution is -2.60. The monoisotopic (exact) mass is 622 g/mol. The first-order valence-electron chi connectivity index (χ1n) is 15.9. The van der Waals surface area contributed by atoms with Crippen molar-refractivity contribution in [3.8, 4) is 0 Å². The van der Waals surface area contributed by atoms with Crippen LogP contribution in [0, 0.1) is 22.7 Å². The van der Waals surface area contributed by atoms with Gasteiger partial charge in [0.2, 0.25) is 5.78 Å². The van der Waals surface area contributed by atoms with Gasteiger partial charge in [-0.1, -0.05) is 33.8 Å². The average Bonchev–Trinajstić information content (AvgIpc) is 3.33. The smallest absolute Gasteiger partial charge is 0.227 e. The molecule has 1 saturated heterocycles. The van der Waals surface area contributed by atoms with Gasteiger partial charge in [0.05, 0.1) is 30.5 Å². The largest absolute Gasteiger partial charge is 0.504 e. The van der Waals surface area contributed by atoms with Gasteiger partial charge in [-0.05, 0) is 73.5 Å². The van der Waals surface area contributed by atoms with E-state index in [0.29, 0.717) is 42.7 Å². The molecule has 8 N–H and O–H groups in total. The molecule has 0 spiro atoms. The van der Waals surface area contributed by atoms with Gasteiger partial charge in [0.1, 0.15) is 24.4 Å². The number of ketones is 1. The molecule has 12 unspecified atom stereocenters. The van der Waals surface area contributed by atoms with Crippen molar-refractivity contribution in [2.75, 3.05) is 6.61 Å². The average molecular weight is 623 g/mol. The summed E-state index contributed by atoms with van der Waals surface area (Å²) in [5, 5.41) is 85.7. The van der Waals surface area contributed by atoms with Crippen molar-refractivity contribution in [3.63, 3.8) is 0 Å². The van der Waals surface area contributed by atoms with Crippen LogP contribution in [0.5, 0.6) is 0 Å². The van der Waals surface area contributed by atoms with Gasteiger partial charge < -0.3 is 50.3 Å². The van der Waals surface area contributed by atoms with Crippen molar-refractivity contribution in [1.82, 2.24) is 0 Å². The Morgan fingerprint density at radius 3 is 2.41 bits per heavy atom. The highest BCUT2D eigenvalue weighted by atomic mass is 16.7. The molecule has 4 aliphatic carbocycles. The first-order chi connectivity index (χ1) is 20.5. The van der Waals surface area contributed by atoms with Gasteiger partial charge in [0.25, 0.3) is 0 Å². The summed E-state index contributed by atoms with van der Waals surface area (Å²) in [4.78, 5) is 13.9. The van der Waals surface area contributed by atoms with E-state index in [1.807, 2.05) is 19.9 Å². The molecule has 1 aliphatic heterocycles. The summed E-state index contributed by atoms with van der Waals surface area (Å²) in [5.41, 5.74) is -0.417. The highest BCUT2D eigenvalue weighted by molar-refractivity contribution is 6.12. The molecule has 248 valence electrons. The summed E-state index contributed by atoms with van der Waals surface area (Å²) >= 11 is 0. The fourth-order valence-electron chi connectivity index (χ4n) is 8.64. The minimum Gasteiger partial charge on any atom is -0.504 e. The van der Waals surface area contributed by atoms with E-state index < -0.39 is 83.6 Å². The SMILES string of the molecule is CC(C)CCC(O)C(C)(O)C1CC=C2C3=C(CCC21C)C1(C)CC(O)C(OC2OC(CO)C(O)C(O)C2O)CC1=C(O)C3=O. The molecule has 0 amide bonds. The molecule has 0 aromatic carbocycles. The van der Waals surface area contributed by atoms with E-state index in [-0.39, 0.29) is 18.8 Å². The maximum Gasteiger partial charge on any atom is 0.227 e. The van der Waals surface area contributed by atoms with Gasteiger partial charge in [-0.2, -0.15) is 0 Å². The van der Waals surface area contributed by atoms with Crippen molar-refractivity contribution < 1.29 is 55.1 Å². The third kappa shape index (κ3) is 5.22. The zero-order valence-corrected chi connectivity index (χ0v) is 26.3. The van der Waals surface area contributed by atoms with Gasteiger partial charge in [-0.15, -0.1) is 0 Å². The number of carbonyl (C=O) groups excluding carboxylic acids is 1. The van der Waals surface area contributed by atoms with Crippen LogP contribution in [0.25, 0.3) is 0 Å². The van der Waals surface area contributed by atoms with Crippen LogP contribution in [-0.4, -0.2) is 108 Å². The van der Waals surface area contributed by atoms with Gasteiger partial charge in [-0.3, -0.25) is 4.79 Å². The summed E-state index contributed by atoms with van der Waals surface area (Å²) in [6.45, 7) is 9.12. The number of hydrogen-bond acceptors (Lipinski definition) is 11. The highest BCUT2D eigenvalue weighted by Crippen LogP contribution is 2.63. The summed E-state index contributed by atoms with van der Waals surface area (Å²) in [7, 11) is 0. The third-order valence-corrected chi connectivity index (χ3v) is 11.5. The van der Waals surface area contributed by atoms with Crippen molar-refractivity contribution in [2.24, 2.45) is 22.7 Å². The molecule has 11 heteroatoms. The number of Topliss-reactive ketones (excluding diaryl/α,β-unsaturated/α-hetero) is 1. The second-order valence-electron chi connectivity index (χ2n) is 14.7. The second-order valence-corrected chi connectivity index (χ2v) is 14.7. The van der Waals surface area contributed by atoms with Crippen LogP contribution in [-0.2, 0) is 14.3 Å². The summed E-state index contributed by atoms with van der Waals surface area (Å²) in [5.74, 6) is -0.887. The number of fused-ring (bicyclic) bond motifs is 4. The van der Waals surface area contributed by atoms with E-state index in [9.17, 15) is 45.6 Å². The summed E-state index contributed by atoms with van der Waals surface area (Å²) < 4.78 is 11.3. The van der Waals surface area contributed by atoms with E-state index in [2.05, 4.69) is 13.8 Å². The van der Waals surface area contributed by atoms with Crippen LogP contribution >= 0.6 is 0 Å². The third-order valence-electron chi connectivity index (χ3n) is 11.5. The number of aliphatic hydroxyl groups is 8. The van der Waals surface area contributed by atoms with Crippen LogP contribution in [0.2, 0.25) is 0 Å². The summed E-state index contributed by atoms with van der Waals surface area (Å²) in [6, 6.07) is 0. The maximum absolute atomic E-state index is 13.9. The summed E-state index contributed by atoms with van der Waals surface area (Å²) in [6.07, 6.45) is -5.67. The molecule has 2 fully saturated rings. The van der Waals surface area contributed by atoms with Crippen molar-refractivity contribution >= 4 is 5.78 Å². The molecule has 12 atom stereocenters. The van der Waals surface area contributed by atoms with E-state index in [1.54, 1.807) is 6.92 Å². The lowest BCUT2D eigenvalue weighted by Gasteiger charge is -2.53. The van der Waals surface area contributed by atoms with E-state index in [1.165, 1.54) is 0 Å². The van der Waals surface area contributed by atoms with Gasteiger partial charge in [0, 0.05) is 23.3 Å². The first-order valence-corrected chi connectivity index (χ1v) is 15.9. The molecule has 44 heavy (non-hydrogen) atoms.